The fourth-order valence-corrected chi connectivity index (χ4v) is 2.76. The highest BCUT2D eigenvalue weighted by Crippen LogP contribution is 2.42. The third-order valence-corrected chi connectivity index (χ3v) is 3.86. The first-order valence-electron chi connectivity index (χ1n) is 6.85. The fraction of sp³-hybridized carbons (Fsp3) is 0.353. The predicted molar refractivity (Wildman–Crippen MR) is 82.8 cm³/mol. The molecular weight excluding hydrogens is 278 g/mol. The van der Waals surface area contributed by atoms with Gasteiger partial charge in [-0.15, -0.1) is 0 Å². The Morgan fingerprint density at radius 1 is 1.14 bits per heavy atom. The maximum absolute atomic E-state index is 9.53. The van der Waals surface area contributed by atoms with E-state index in [1.54, 1.807) is 33.3 Å². The van der Waals surface area contributed by atoms with E-state index in [4.69, 9.17) is 9.47 Å². The number of nitrogens with zero attached hydrogens (tertiary/aromatic N) is 3. The van der Waals surface area contributed by atoms with Crippen LogP contribution in [0.1, 0.15) is 25.3 Å². The highest BCUT2D eigenvalue weighted by Gasteiger charge is 2.35. The van der Waals surface area contributed by atoms with E-state index < -0.39 is 5.92 Å². The van der Waals surface area contributed by atoms with Crippen LogP contribution in [-0.4, -0.2) is 19.9 Å². The van der Waals surface area contributed by atoms with Crippen LogP contribution in [0.3, 0.4) is 0 Å². The van der Waals surface area contributed by atoms with Gasteiger partial charge >= 0.3 is 0 Å². The molecule has 0 bridgehead atoms. The zero-order valence-corrected chi connectivity index (χ0v) is 13.0. The van der Waals surface area contributed by atoms with Gasteiger partial charge < -0.3 is 9.47 Å². The Morgan fingerprint density at radius 3 is 2.41 bits per heavy atom. The summed E-state index contributed by atoms with van der Waals surface area (Å²) in [6.07, 6.45) is 0. The minimum Gasteiger partial charge on any atom is -0.497 e. The standard InChI is InChI=1S/C17H17N3O2/c1-10-14(8-18)17(15(9-19)11(2)20-10)13-6-5-12(21-3)7-16(13)22-4/h5-7,14,17H,1-4H3/t14?,17-/m0/s1. The Hall–Kier alpha value is -2.79. The molecule has 1 aliphatic heterocycles. The third-order valence-electron chi connectivity index (χ3n) is 3.86. The predicted octanol–water partition coefficient (Wildman–Crippen LogP) is 3.20. The van der Waals surface area contributed by atoms with Gasteiger partial charge in [-0.3, -0.25) is 4.99 Å². The number of benzene rings is 1. The number of hydrogen-bond donors (Lipinski definition) is 0. The van der Waals surface area contributed by atoms with Crippen molar-refractivity contribution in [3.05, 3.63) is 35.0 Å². The molecular formula is C17H17N3O2. The first-order valence-corrected chi connectivity index (χ1v) is 6.85. The second-order valence-corrected chi connectivity index (χ2v) is 5.06. The van der Waals surface area contributed by atoms with Gasteiger partial charge in [-0.25, -0.2) is 0 Å². The molecule has 0 aliphatic carbocycles. The lowest BCUT2D eigenvalue weighted by Gasteiger charge is -2.28. The monoisotopic (exact) mass is 295 g/mol. The summed E-state index contributed by atoms with van der Waals surface area (Å²) in [5, 5.41) is 19.0. The van der Waals surface area contributed by atoms with E-state index in [-0.39, 0.29) is 5.92 Å². The molecule has 1 unspecified atom stereocenters. The van der Waals surface area contributed by atoms with Crippen LogP contribution in [0.25, 0.3) is 0 Å². The van der Waals surface area contributed by atoms with Crippen LogP contribution in [0, 0.1) is 28.6 Å². The minimum atomic E-state index is -0.486. The normalized spacial score (nSPS) is 20.7. The molecule has 0 radical (unpaired) electrons. The van der Waals surface area contributed by atoms with Crippen molar-refractivity contribution in [2.45, 2.75) is 19.8 Å². The van der Waals surface area contributed by atoms with Crippen LogP contribution < -0.4 is 9.47 Å². The van der Waals surface area contributed by atoms with Gasteiger partial charge in [0, 0.05) is 23.3 Å². The topological polar surface area (TPSA) is 78.4 Å². The van der Waals surface area contributed by atoms with Crippen LogP contribution in [0.5, 0.6) is 11.5 Å². The van der Waals surface area contributed by atoms with Crippen LogP contribution in [0.2, 0.25) is 0 Å². The van der Waals surface area contributed by atoms with Crippen molar-refractivity contribution < 1.29 is 9.47 Å². The van der Waals surface area contributed by atoms with Crippen molar-refractivity contribution in [3.8, 4) is 23.6 Å². The van der Waals surface area contributed by atoms with E-state index >= 15 is 0 Å². The molecule has 0 aromatic heterocycles. The largest absolute Gasteiger partial charge is 0.497 e. The van der Waals surface area contributed by atoms with E-state index in [9.17, 15) is 10.5 Å². The summed E-state index contributed by atoms with van der Waals surface area (Å²) in [4.78, 5) is 4.34. The summed E-state index contributed by atoms with van der Waals surface area (Å²) < 4.78 is 10.6. The Bertz CT molecular complexity index is 735. The molecule has 0 saturated heterocycles. The molecule has 0 spiro atoms. The van der Waals surface area contributed by atoms with Gasteiger partial charge in [-0.1, -0.05) is 6.07 Å². The van der Waals surface area contributed by atoms with Crippen LogP contribution >= 0.6 is 0 Å². The van der Waals surface area contributed by atoms with E-state index in [1.807, 2.05) is 13.0 Å². The van der Waals surface area contributed by atoms with Crippen molar-refractivity contribution in [1.82, 2.24) is 0 Å². The number of ether oxygens (including phenoxy) is 2. The molecule has 0 fully saturated rings. The van der Waals surface area contributed by atoms with Gasteiger partial charge in [0.2, 0.25) is 0 Å². The zero-order valence-electron chi connectivity index (χ0n) is 13.0. The number of rotatable bonds is 3. The van der Waals surface area contributed by atoms with E-state index in [0.29, 0.717) is 28.5 Å². The number of nitriles is 2. The first kappa shape index (κ1) is 15.6. The summed E-state index contributed by atoms with van der Waals surface area (Å²) in [7, 11) is 3.14. The minimum absolute atomic E-state index is 0.381. The van der Waals surface area contributed by atoms with Crippen molar-refractivity contribution in [2.24, 2.45) is 10.9 Å². The Morgan fingerprint density at radius 2 is 1.86 bits per heavy atom. The lowest BCUT2D eigenvalue weighted by Crippen LogP contribution is -2.25. The Balaban J connectivity index is 2.66. The Labute approximate surface area is 130 Å². The molecule has 0 N–H and O–H groups in total. The molecule has 1 aromatic carbocycles. The molecule has 2 atom stereocenters. The zero-order chi connectivity index (χ0) is 16.3. The van der Waals surface area contributed by atoms with Gasteiger partial charge in [-0.2, -0.15) is 10.5 Å². The first-order chi connectivity index (χ1) is 10.6. The van der Waals surface area contributed by atoms with E-state index in [0.717, 1.165) is 5.56 Å². The van der Waals surface area contributed by atoms with Gasteiger partial charge in [-0.05, 0) is 19.9 Å². The third kappa shape index (κ3) is 2.54. The lowest BCUT2D eigenvalue weighted by molar-refractivity contribution is 0.388. The summed E-state index contributed by atoms with van der Waals surface area (Å²) in [5.41, 5.74) is 2.65. The van der Waals surface area contributed by atoms with E-state index in [2.05, 4.69) is 17.1 Å². The molecule has 0 amide bonds. The van der Waals surface area contributed by atoms with Crippen LogP contribution in [0.15, 0.2) is 34.5 Å². The average molecular weight is 295 g/mol. The van der Waals surface area contributed by atoms with Gasteiger partial charge in [0.25, 0.3) is 0 Å². The smallest absolute Gasteiger partial charge is 0.126 e. The molecule has 112 valence electrons. The lowest BCUT2D eigenvalue weighted by atomic mass is 9.76. The molecule has 5 nitrogen and oxygen atoms in total. The van der Waals surface area contributed by atoms with Crippen molar-refractivity contribution in [1.29, 1.82) is 10.5 Å². The summed E-state index contributed by atoms with van der Waals surface area (Å²) in [6.45, 7) is 3.60. The molecule has 1 aliphatic rings. The Kier molecular flexibility index (Phi) is 4.48. The van der Waals surface area contributed by atoms with Crippen molar-refractivity contribution in [2.75, 3.05) is 14.2 Å². The van der Waals surface area contributed by atoms with Crippen LogP contribution in [-0.2, 0) is 0 Å². The summed E-state index contributed by atoms with van der Waals surface area (Å²) >= 11 is 0. The number of allylic oxidation sites excluding steroid dienone is 2. The summed E-state index contributed by atoms with van der Waals surface area (Å²) in [6, 6.07) is 9.87. The number of hydrogen-bond acceptors (Lipinski definition) is 5. The van der Waals surface area contributed by atoms with Crippen molar-refractivity contribution >= 4 is 5.71 Å². The SMILES string of the molecule is COc1ccc([C@@H]2C(C#N)=C(C)N=C(C)C2C#N)c(OC)c1. The van der Waals surface area contributed by atoms with E-state index in [1.165, 1.54) is 0 Å². The molecule has 1 heterocycles. The van der Waals surface area contributed by atoms with Gasteiger partial charge in [0.05, 0.1) is 43.5 Å². The van der Waals surface area contributed by atoms with Crippen molar-refractivity contribution in [3.63, 3.8) is 0 Å². The molecule has 2 rings (SSSR count). The highest BCUT2D eigenvalue weighted by molar-refractivity contribution is 5.90. The average Bonchev–Trinajstić information content (AvgIpc) is 2.53. The second-order valence-electron chi connectivity index (χ2n) is 5.06. The van der Waals surface area contributed by atoms with Crippen LogP contribution in [0.4, 0.5) is 0 Å². The maximum atomic E-state index is 9.53. The fourth-order valence-electron chi connectivity index (χ4n) is 2.76. The molecule has 5 heteroatoms. The van der Waals surface area contributed by atoms with Gasteiger partial charge in [0.1, 0.15) is 11.5 Å². The maximum Gasteiger partial charge on any atom is 0.126 e. The molecule has 22 heavy (non-hydrogen) atoms. The quantitative estimate of drug-likeness (QED) is 0.857. The molecule has 0 saturated carbocycles. The summed E-state index contributed by atoms with van der Waals surface area (Å²) in [5.74, 6) is 0.392. The highest BCUT2D eigenvalue weighted by atomic mass is 16.5. The van der Waals surface area contributed by atoms with Gasteiger partial charge in [0.15, 0.2) is 0 Å². The second kappa shape index (κ2) is 6.32. The molecule has 1 aromatic rings. The number of methoxy groups -OCH3 is 2. The number of aliphatic imine (C=N–C) groups is 1.